The second-order valence-electron chi connectivity index (χ2n) is 6.23. The Kier molecular flexibility index (Phi) is 6.61. The van der Waals surface area contributed by atoms with Gasteiger partial charge in [0.05, 0.1) is 18.6 Å². The molecule has 0 aliphatic heterocycles. The number of benzene rings is 1. The number of hydrogen-bond acceptors (Lipinski definition) is 4. The van der Waals surface area contributed by atoms with Gasteiger partial charge in [-0.25, -0.2) is 0 Å². The van der Waals surface area contributed by atoms with Gasteiger partial charge in [-0.3, -0.25) is 9.59 Å². The third-order valence-corrected chi connectivity index (χ3v) is 4.29. The lowest BCUT2D eigenvalue weighted by molar-refractivity contribution is -0.138. The molecule has 132 valence electrons. The Morgan fingerprint density at radius 2 is 2.00 bits per heavy atom. The van der Waals surface area contributed by atoms with Crippen LogP contribution >= 0.6 is 0 Å². The largest absolute Gasteiger partial charge is 0.493 e. The number of carbonyl (C=O) groups is 2. The van der Waals surface area contributed by atoms with Crippen LogP contribution in [0.25, 0.3) is 0 Å². The molecule has 2 rings (SSSR count). The predicted octanol–water partition coefficient (Wildman–Crippen LogP) is 2.62. The van der Waals surface area contributed by atoms with Gasteiger partial charge in [-0.2, -0.15) is 0 Å². The van der Waals surface area contributed by atoms with Gasteiger partial charge in [0, 0.05) is 25.7 Å². The van der Waals surface area contributed by atoms with E-state index >= 15 is 0 Å². The van der Waals surface area contributed by atoms with Crippen LogP contribution in [0.15, 0.2) is 24.3 Å². The molecule has 1 aliphatic rings. The van der Waals surface area contributed by atoms with E-state index in [2.05, 4.69) is 5.32 Å². The zero-order chi connectivity index (χ0) is 17.4. The summed E-state index contributed by atoms with van der Waals surface area (Å²) < 4.78 is 10.6. The fourth-order valence-electron chi connectivity index (χ4n) is 3.12. The molecular formula is C18H25NO5. The summed E-state index contributed by atoms with van der Waals surface area (Å²) in [6.45, 7) is 1.14. The second kappa shape index (κ2) is 8.68. The Hall–Kier alpha value is -2.08. The van der Waals surface area contributed by atoms with E-state index in [1.165, 1.54) is 0 Å². The zero-order valence-electron chi connectivity index (χ0n) is 14.0. The molecule has 1 amide bonds. The van der Waals surface area contributed by atoms with Crippen molar-refractivity contribution in [3.8, 4) is 5.75 Å². The van der Waals surface area contributed by atoms with E-state index in [0.29, 0.717) is 37.4 Å². The van der Waals surface area contributed by atoms with Crippen LogP contribution in [0, 0.1) is 0 Å². The average Bonchev–Trinajstić information content (AvgIpc) is 2.99. The lowest BCUT2D eigenvalue weighted by atomic mass is 9.92. The van der Waals surface area contributed by atoms with E-state index < -0.39 is 11.5 Å². The first-order chi connectivity index (χ1) is 11.5. The van der Waals surface area contributed by atoms with Crippen molar-refractivity contribution in [3.05, 3.63) is 29.8 Å². The molecule has 0 aromatic heterocycles. The summed E-state index contributed by atoms with van der Waals surface area (Å²) in [5, 5.41) is 12.1. The molecule has 0 radical (unpaired) electrons. The van der Waals surface area contributed by atoms with Gasteiger partial charge in [0.15, 0.2) is 0 Å². The number of nitrogens with one attached hydrogen (secondary N) is 1. The van der Waals surface area contributed by atoms with Crippen LogP contribution < -0.4 is 10.1 Å². The van der Waals surface area contributed by atoms with Crippen LogP contribution in [0.5, 0.6) is 5.75 Å². The predicted molar refractivity (Wildman–Crippen MR) is 89.3 cm³/mol. The lowest BCUT2D eigenvalue weighted by Gasteiger charge is -2.28. The number of aliphatic carboxylic acids is 1. The Labute approximate surface area is 142 Å². The molecule has 0 spiro atoms. The first kappa shape index (κ1) is 18.3. The molecule has 0 heterocycles. The molecule has 24 heavy (non-hydrogen) atoms. The monoisotopic (exact) mass is 335 g/mol. The van der Waals surface area contributed by atoms with E-state index in [1.54, 1.807) is 31.4 Å². The van der Waals surface area contributed by atoms with Crippen molar-refractivity contribution in [1.29, 1.82) is 0 Å². The highest BCUT2D eigenvalue weighted by Crippen LogP contribution is 2.33. The summed E-state index contributed by atoms with van der Waals surface area (Å²) in [6.07, 6.45) is 4.03. The van der Waals surface area contributed by atoms with Crippen LogP contribution in [0.3, 0.4) is 0 Å². The molecule has 0 bridgehead atoms. The smallest absolute Gasteiger partial charge is 0.305 e. The van der Waals surface area contributed by atoms with Crippen LogP contribution in [0.2, 0.25) is 0 Å². The van der Waals surface area contributed by atoms with Crippen LogP contribution in [0.4, 0.5) is 0 Å². The van der Waals surface area contributed by atoms with Crippen LogP contribution in [-0.2, 0) is 9.53 Å². The highest BCUT2D eigenvalue weighted by molar-refractivity contribution is 5.95. The molecular weight excluding hydrogens is 310 g/mol. The standard InChI is InChI=1S/C18H25NO5/c1-23-10-5-11-24-15-7-4-6-14(12-15)17(22)19-18(13-16(20)21)8-2-3-9-18/h4,6-7,12H,2-3,5,8-11,13H2,1H3,(H,19,22)(H,20,21). The third kappa shape index (κ3) is 5.23. The van der Waals surface area contributed by atoms with E-state index in [1.807, 2.05) is 0 Å². The van der Waals surface area contributed by atoms with Crippen molar-refractivity contribution in [2.75, 3.05) is 20.3 Å². The summed E-state index contributed by atoms with van der Waals surface area (Å²) >= 11 is 0. The molecule has 1 saturated carbocycles. The average molecular weight is 335 g/mol. The molecule has 6 heteroatoms. The molecule has 0 saturated heterocycles. The first-order valence-corrected chi connectivity index (χ1v) is 8.31. The molecule has 1 aromatic rings. The van der Waals surface area contributed by atoms with Crippen molar-refractivity contribution in [2.45, 2.75) is 44.1 Å². The lowest BCUT2D eigenvalue weighted by Crippen LogP contribution is -2.47. The van der Waals surface area contributed by atoms with Gasteiger partial charge < -0.3 is 19.9 Å². The normalized spacial score (nSPS) is 15.9. The van der Waals surface area contributed by atoms with Gasteiger partial charge in [-0.05, 0) is 31.0 Å². The number of ether oxygens (including phenoxy) is 2. The summed E-state index contributed by atoms with van der Waals surface area (Å²) in [4.78, 5) is 23.7. The van der Waals surface area contributed by atoms with Crippen molar-refractivity contribution in [3.63, 3.8) is 0 Å². The molecule has 1 aromatic carbocycles. The molecule has 1 fully saturated rings. The molecule has 2 N–H and O–H groups in total. The molecule has 0 unspecified atom stereocenters. The van der Waals surface area contributed by atoms with Gasteiger partial charge in [0.2, 0.25) is 0 Å². The van der Waals surface area contributed by atoms with Crippen molar-refractivity contribution in [2.24, 2.45) is 0 Å². The van der Waals surface area contributed by atoms with Crippen molar-refractivity contribution >= 4 is 11.9 Å². The van der Waals surface area contributed by atoms with Gasteiger partial charge >= 0.3 is 5.97 Å². The summed E-state index contributed by atoms with van der Waals surface area (Å²) in [7, 11) is 1.64. The summed E-state index contributed by atoms with van der Waals surface area (Å²) in [5.41, 5.74) is -0.144. The Bertz CT molecular complexity index is 566. The minimum atomic E-state index is -0.882. The van der Waals surface area contributed by atoms with Crippen molar-refractivity contribution in [1.82, 2.24) is 5.32 Å². The zero-order valence-corrected chi connectivity index (χ0v) is 14.0. The Balaban J connectivity index is 1.99. The van der Waals surface area contributed by atoms with E-state index in [-0.39, 0.29) is 12.3 Å². The fourth-order valence-corrected chi connectivity index (χ4v) is 3.12. The number of hydrogen-bond donors (Lipinski definition) is 2. The molecule has 0 atom stereocenters. The van der Waals surface area contributed by atoms with Crippen LogP contribution in [-0.4, -0.2) is 42.8 Å². The topological polar surface area (TPSA) is 84.9 Å². The maximum absolute atomic E-state index is 12.5. The SMILES string of the molecule is COCCCOc1cccc(C(=O)NC2(CC(=O)O)CCCC2)c1. The summed E-state index contributed by atoms with van der Waals surface area (Å²) in [5.74, 6) is -0.509. The Morgan fingerprint density at radius 3 is 2.67 bits per heavy atom. The van der Waals surface area contributed by atoms with Gasteiger partial charge in [-0.15, -0.1) is 0 Å². The fraction of sp³-hybridized carbons (Fsp3) is 0.556. The number of carbonyl (C=O) groups excluding carboxylic acids is 1. The van der Waals surface area contributed by atoms with Crippen molar-refractivity contribution < 1.29 is 24.2 Å². The first-order valence-electron chi connectivity index (χ1n) is 8.31. The third-order valence-electron chi connectivity index (χ3n) is 4.29. The maximum Gasteiger partial charge on any atom is 0.305 e. The number of methoxy groups -OCH3 is 1. The Morgan fingerprint density at radius 1 is 1.25 bits per heavy atom. The highest BCUT2D eigenvalue weighted by atomic mass is 16.5. The quantitative estimate of drug-likeness (QED) is 0.678. The van der Waals surface area contributed by atoms with E-state index in [4.69, 9.17) is 14.6 Å². The maximum atomic E-state index is 12.5. The number of rotatable bonds is 9. The van der Waals surface area contributed by atoms with Gasteiger partial charge in [0.1, 0.15) is 5.75 Å². The minimum Gasteiger partial charge on any atom is -0.493 e. The highest BCUT2D eigenvalue weighted by Gasteiger charge is 2.37. The minimum absolute atomic E-state index is 0.0358. The van der Waals surface area contributed by atoms with Gasteiger partial charge in [0.25, 0.3) is 5.91 Å². The number of carboxylic acids is 1. The number of amides is 1. The summed E-state index contributed by atoms with van der Waals surface area (Å²) in [6, 6.07) is 6.96. The molecule has 1 aliphatic carbocycles. The van der Waals surface area contributed by atoms with Crippen LogP contribution in [0.1, 0.15) is 48.9 Å². The van der Waals surface area contributed by atoms with Gasteiger partial charge in [-0.1, -0.05) is 18.9 Å². The molecule has 6 nitrogen and oxygen atoms in total. The second-order valence-corrected chi connectivity index (χ2v) is 6.23. The number of carboxylic acid groups (broad SMARTS) is 1. The van der Waals surface area contributed by atoms with E-state index in [9.17, 15) is 9.59 Å². The van der Waals surface area contributed by atoms with E-state index in [0.717, 1.165) is 19.3 Å².